The number of nitrogens with two attached hydrogens (primary N) is 1. The molecule has 2 nitrogen and oxygen atoms in total. The molecule has 0 atom stereocenters. The lowest BCUT2D eigenvalue weighted by Gasteiger charge is -2.23. The molecule has 0 aliphatic carbocycles. The number of carbonyl (C=O) groups is 1. The first-order chi connectivity index (χ1) is 8.43. The standard InChI is InChI=1S/C15H22BrNO/c1-15(2,9-10-17)8-7-14(18)11-12-3-5-13(16)6-4-12/h3-6H,7-11,17H2,1-2H3. The highest BCUT2D eigenvalue weighted by molar-refractivity contribution is 9.10. The SMILES string of the molecule is CC(C)(CCN)CCC(=O)Cc1ccc(Br)cc1. The second kappa shape index (κ2) is 7.05. The predicted octanol–water partition coefficient (Wildman–Crippen LogP) is 3.72. The van der Waals surface area contributed by atoms with E-state index in [0.29, 0.717) is 25.2 Å². The van der Waals surface area contributed by atoms with Crippen LogP contribution in [0.2, 0.25) is 0 Å². The van der Waals surface area contributed by atoms with Gasteiger partial charge in [0.15, 0.2) is 0 Å². The van der Waals surface area contributed by atoms with Crippen LogP contribution in [0.4, 0.5) is 0 Å². The Hall–Kier alpha value is -0.670. The summed E-state index contributed by atoms with van der Waals surface area (Å²) in [7, 11) is 0. The summed E-state index contributed by atoms with van der Waals surface area (Å²) in [5, 5.41) is 0. The first kappa shape index (κ1) is 15.4. The number of ketones is 1. The van der Waals surface area contributed by atoms with Crippen LogP contribution in [-0.4, -0.2) is 12.3 Å². The summed E-state index contributed by atoms with van der Waals surface area (Å²) in [5.41, 5.74) is 6.82. The van der Waals surface area contributed by atoms with Gasteiger partial charge in [-0.25, -0.2) is 0 Å². The summed E-state index contributed by atoms with van der Waals surface area (Å²) in [6.45, 7) is 5.04. The van der Waals surface area contributed by atoms with Crippen molar-refractivity contribution in [3.05, 3.63) is 34.3 Å². The van der Waals surface area contributed by atoms with Crippen molar-refractivity contribution in [3.63, 3.8) is 0 Å². The first-order valence-electron chi connectivity index (χ1n) is 6.39. The fourth-order valence-electron chi connectivity index (χ4n) is 1.91. The van der Waals surface area contributed by atoms with Crippen LogP contribution in [-0.2, 0) is 11.2 Å². The van der Waals surface area contributed by atoms with Gasteiger partial charge in [0, 0.05) is 17.3 Å². The Bertz CT molecular complexity index is 384. The number of rotatable bonds is 7. The molecule has 0 bridgehead atoms. The van der Waals surface area contributed by atoms with Crippen LogP contribution in [0.5, 0.6) is 0 Å². The van der Waals surface area contributed by atoms with Crippen molar-refractivity contribution in [2.45, 2.75) is 39.5 Å². The normalized spacial score (nSPS) is 11.6. The fraction of sp³-hybridized carbons (Fsp3) is 0.533. The smallest absolute Gasteiger partial charge is 0.137 e. The van der Waals surface area contributed by atoms with E-state index in [1.54, 1.807) is 0 Å². The molecule has 2 N–H and O–H groups in total. The van der Waals surface area contributed by atoms with E-state index in [2.05, 4.69) is 29.8 Å². The van der Waals surface area contributed by atoms with Gasteiger partial charge in [-0.1, -0.05) is 41.9 Å². The Kier molecular flexibility index (Phi) is 6.03. The van der Waals surface area contributed by atoms with E-state index in [1.165, 1.54) is 0 Å². The molecule has 0 spiro atoms. The van der Waals surface area contributed by atoms with Crippen molar-refractivity contribution in [2.24, 2.45) is 11.1 Å². The maximum atomic E-state index is 11.9. The molecule has 0 aromatic heterocycles. The Morgan fingerprint density at radius 1 is 1.22 bits per heavy atom. The van der Waals surface area contributed by atoms with Gasteiger partial charge in [-0.15, -0.1) is 0 Å². The highest BCUT2D eigenvalue weighted by Gasteiger charge is 2.18. The molecule has 18 heavy (non-hydrogen) atoms. The second-order valence-electron chi connectivity index (χ2n) is 5.54. The molecular formula is C15H22BrNO. The van der Waals surface area contributed by atoms with E-state index in [9.17, 15) is 4.79 Å². The van der Waals surface area contributed by atoms with Crippen LogP contribution in [0.1, 0.15) is 38.7 Å². The van der Waals surface area contributed by atoms with Gasteiger partial charge in [0.1, 0.15) is 5.78 Å². The van der Waals surface area contributed by atoms with Crippen LogP contribution < -0.4 is 5.73 Å². The molecule has 1 aromatic rings. The topological polar surface area (TPSA) is 43.1 Å². The Labute approximate surface area is 118 Å². The quantitative estimate of drug-likeness (QED) is 0.834. The molecule has 1 rings (SSSR count). The minimum absolute atomic E-state index is 0.171. The number of hydrogen-bond acceptors (Lipinski definition) is 2. The molecule has 0 aliphatic rings. The van der Waals surface area contributed by atoms with Gasteiger partial charge in [-0.3, -0.25) is 4.79 Å². The van der Waals surface area contributed by atoms with E-state index in [0.717, 1.165) is 22.9 Å². The molecule has 0 saturated carbocycles. The van der Waals surface area contributed by atoms with Crippen molar-refractivity contribution in [2.75, 3.05) is 6.54 Å². The zero-order valence-electron chi connectivity index (χ0n) is 11.2. The third kappa shape index (κ3) is 5.78. The van der Waals surface area contributed by atoms with E-state index < -0.39 is 0 Å². The van der Waals surface area contributed by atoms with Gasteiger partial charge in [0.05, 0.1) is 0 Å². The maximum absolute atomic E-state index is 11.9. The second-order valence-corrected chi connectivity index (χ2v) is 6.46. The minimum atomic E-state index is 0.171. The zero-order valence-corrected chi connectivity index (χ0v) is 12.8. The molecule has 0 aliphatic heterocycles. The lowest BCUT2D eigenvalue weighted by atomic mass is 9.83. The number of carbonyl (C=O) groups excluding carboxylic acids is 1. The van der Waals surface area contributed by atoms with Crippen molar-refractivity contribution in [1.29, 1.82) is 0 Å². The van der Waals surface area contributed by atoms with Crippen LogP contribution in [0.25, 0.3) is 0 Å². The third-order valence-corrected chi connectivity index (χ3v) is 3.74. The van der Waals surface area contributed by atoms with Crippen LogP contribution >= 0.6 is 15.9 Å². The number of halogens is 1. The molecule has 1 aromatic carbocycles. The van der Waals surface area contributed by atoms with Gasteiger partial charge in [-0.2, -0.15) is 0 Å². The van der Waals surface area contributed by atoms with E-state index >= 15 is 0 Å². The van der Waals surface area contributed by atoms with E-state index in [-0.39, 0.29) is 5.41 Å². The van der Waals surface area contributed by atoms with Crippen LogP contribution in [0, 0.1) is 5.41 Å². The predicted molar refractivity (Wildman–Crippen MR) is 79.5 cm³/mol. The lowest BCUT2D eigenvalue weighted by Crippen LogP contribution is -2.18. The monoisotopic (exact) mass is 311 g/mol. The van der Waals surface area contributed by atoms with Crippen LogP contribution in [0.3, 0.4) is 0 Å². The fourth-order valence-corrected chi connectivity index (χ4v) is 2.18. The molecule has 0 unspecified atom stereocenters. The zero-order chi connectivity index (χ0) is 13.6. The summed E-state index contributed by atoms with van der Waals surface area (Å²) in [6, 6.07) is 7.93. The molecular weight excluding hydrogens is 290 g/mol. The number of benzene rings is 1. The number of Topliss-reactive ketones (excluding diaryl/α,β-unsaturated/α-hetero) is 1. The minimum Gasteiger partial charge on any atom is -0.330 e. The lowest BCUT2D eigenvalue weighted by molar-refractivity contribution is -0.119. The molecule has 0 saturated heterocycles. The maximum Gasteiger partial charge on any atom is 0.137 e. The Morgan fingerprint density at radius 3 is 2.39 bits per heavy atom. The van der Waals surface area contributed by atoms with Gasteiger partial charge in [0.2, 0.25) is 0 Å². The Morgan fingerprint density at radius 2 is 1.83 bits per heavy atom. The summed E-state index contributed by atoms with van der Waals surface area (Å²) >= 11 is 3.39. The molecule has 3 heteroatoms. The number of hydrogen-bond donors (Lipinski definition) is 1. The summed E-state index contributed by atoms with van der Waals surface area (Å²) in [4.78, 5) is 11.9. The summed E-state index contributed by atoms with van der Waals surface area (Å²) in [6.07, 6.45) is 3.06. The van der Waals surface area contributed by atoms with Gasteiger partial charge in [0.25, 0.3) is 0 Å². The summed E-state index contributed by atoms with van der Waals surface area (Å²) in [5.74, 6) is 0.308. The van der Waals surface area contributed by atoms with E-state index in [4.69, 9.17) is 5.73 Å². The van der Waals surface area contributed by atoms with Crippen molar-refractivity contribution in [3.8, 4) is 0 Å². The van der Waals surface area contributed by atoms with Gasteiger partial charge < -0.3 is 5.73 Å². The highest BCUT2D eigenvalue weighted by atomic mass is 79.9. The highest BCUT2D eigenvalue weighted by Crippen LogP contribution is 2.26. The molecule has 0 radical (unpaired) electrons. The van der Waals surface area contributed by atoms with Crippen LogP contribution in [0.15, 0.2) is 28.7 Å². The molecule has 0 fully saturated rings. The summed E-state index contributed by atoms with van der Waals surface area (Å²) < 4.78 is 1.04. The third-order valence-electron chi connectivity index (χ3n) is 3.22. The van der Waals surface area contributed by atoms with E-state index in [1.807, 2.05) is 24.3 Å². The Balaban J connectivity index is 2.40. The molecule has 0 amide bonds. The average Bonchev–Trinajstić information content (AvgIpc) is 2.30. The average molecular weight is 312 g/mol. The molecule has 0 heterocycles. The largest absolute Gasteiger partial charge is 0.330 e. The van der Waals surface area contributed by atoms with Gasteiger partial charge >= 0.3 is 0 Å². The van der Waals surface area contributed by atoms with Gasteiger partial charge in [-0.05, 0) is 42.5 Å². The molecule has 100 valence electrons. The van der Waals surface area contributed by atoms with Crippen molar-refractivity contribution < 1.29 is 4.79 Å². The van der Waals surface area contributed by atoms with Crippen molar-refractivity contribution >= 4 is 21.7 Å². The van der Waals surface area contributed by atoms with Crippen molar-refractivity contribution in [1.82, 2.24) is 0 Å². The first-order valence-corrected chi connectivity index (χ1v) is 7.18.